The van der Waals surface area contributed by atoms with Crippen LogP contribution in [0.2, 0.25) is 0 Å². The van der Waals surface area contributed by atoms with Crippen molar-refractivity contribution in [3.63, 3.8) is 0 Å². The van der Waals surface area contributed by atoms with Gasteiger partial charge >= 0.3 is 5.97 Å². The van der Waals surface area contributed by atoms with Gasteiger partial charge in [-0.15, -0.1) is 0 Å². The van der Waals surface area contributed by atoms with E-state index in [9.17, 15) is 4.79 Å². The summed E-state index contributed by atoms with van der Waals surface area (Å²) >= 11 is 0. The molecule has 2 rings (SSSR count). The van der Waals surface area contributed by atoms with Gasteiger partial charge in [0.1, 0.15) is 0 Å². The van der Waals surface area contributed by atoms with Crippen molar-refractivity contribution in [1.82, 2.24) is 15.6 Å². The Balaban J connectivity index is 0.000000181. The van der Waals surface area contributed by atoms with Crippen molar-refractivity contribution >= 4 is 5.97 Å². The number of hydrogen-bond donors (Lipinski definition) is 3. The second-order valence-corrected chi connectivity index (χ2v) is 3.39. The molecule has 1 fully saturated rings. The lowest BCUT2D eigenvalue weighted by molar-refractivity contribution is -0.136. The highest BCUT2D eigenvalue weighted by Crippen LogP contribution is 1.93. The zero-order chi connectivity index (χ0) is 11.6. The second kappa shape index (κ2) is 7.78. The molecule has 1 aromatic heterocycles. The van der Waals surface area contributed by atoms with Crippen LogP contribution in [0.15, 0.2) is 24.4 Å². The monoisotopic (exact) mass is 223 g/mol. The minimum atomic E-state index is -0.848. The van der Waals surface area contributed by atoms with Gasteiger partial charge in [-0.1, -0.05) is 6.07 Å². The molecule has 1 aliphatic rings. The van der Waals surface area contributed by atoms with Crippen LogP contribution in [0.4, 0.5) is 0 Å². The molecule has 0 amide bonds. The Morgan fingerprint density at radius 2 is 1.88 bits per heavy atom. The van der Waals surface area contributed by atoms with Gasteiger partial charge in [0.05, 0.1) is 12.1 Å². The molecule has 0 aromatic carbocycles. The zero-order valence-corrected chi connectivity index (χ0v) is 9.15. The third-order valence-corrected chi connectivity index (χ3v) is 2.02. The maximum Gasteiger partial charge on any atom is 0.309 e. The van der Waals surface area contributed by atoms with E-state index in [0.29, 0.717) is 5.69 Å². The molecule has 5 heteroatoms. The Kier molecular flexibility index (Phi) is 6.13. The second-order valence-electron chi connectivity index (χ2n) is 3.39. The van der Waals surface area contributed by atoms with Crippen LogP contribution in [0.25, 0.3) is 0 Å². The third kappa shape index (κ3) is 6.10. The average molecular weight is 223 g/mol. The summed E-state index contributed by atoms with van der Waals surface area (Å²) in [7, 11) is 0. The highest BCUT2D eigenvalue weighted by molar-refractivity contribution is 5.69. The predicted molar refractivity (Wildman–Crippen MR) is 61.3 cm³/mol. The number of pyridine rings is 1. The molecule has 5 nitrogen and oxygen atoms in total. The quantitative estimate of drug-likeness (QED) is 0.652. The average Bonchev–Trinajstić information content (AvgIpc) is 2.32. The smallest absolute Gasteiger partial charge is 0.309 e. The molecule has 1 aliphatic heterocycles. The molecular weight excluding hydrogens is 206 g/mol. The first-order valence-corrected chi connectivity index (χ1v) is 5.32. The summed E-state index contributed by atoms with van der Waals surface area (Å²) in [4.78, 5) is 14.0. The number of hydrogen-bond acceptors (Lipinski definition) is 4. The van der Waals surface area contributed by atoms with Gasteiger partial charge in [-0.25, -0.2) is 0 Å². The van der Waals surface area contributed by atoms with E-state index in [2.05, 4.69) is 15.6 Å². The molecule has 1 saturated heterocycles. The number of carboxylic acids is 1. The maximum atomic E-state index is 10.1. The molecule has 0 unspecified atom stereocenters. The van der Waals surface area contributed by atoms with Crippen LogP contribution in [-0.4, -0.2) is 42.2 Å². The summed E-state index contributed by atoms with van der Waals surface area (Å²) < 4.78 is 0. The van der Waals surface area contributed by atoms with Crippen molar-refractivity contribution in [2.75, 3.05) is 26.2 Å². The van der Waals surface area contributed by atoms with E-state index >= 15 is 0 Å². The van der Waals surface area contributed by atoms with Gasteiger partial charge in [-0.3, -0.25) is 9.78 Å². The molecule has 3 N–H and O–H groups in total. The van der Waals surface area contributed by atoms with E-state index in [1.165, 1.54) is 0 Å². The number of carboxylic acid groups (broad SMARTS) is 1. The van der Waals surface area contributed by atoms with Gasteiger partial charge in [0.15, 0.2) is 0 Å². The van der Waals surface area contributed by atoms with E-state index in [4.69, 9.17) is 5.11 Å². The summed E-state index contributed by atoms with van der Waals surface area (Å²) in [5.74, 6) is -0.848. The van der Waals surface area contributed by atoms with Crippen LogP contribution in [0, 0.1) is 0 Å². The molecule has 0 atom stereocenters. The number of rotatable bonds is 2. The van der Waals surface area contributed by atoms with Gasteiger partial charge < -0.3 is 15.7 Å². The lowest BCUT2D eigenvalue weighted by Crippen LogP contribution is -2.39. The van der Waals surface area contributed by atoms with Gasteiger partial charge in [0, 0.05) is 32.4 Å². The lowest BCUT2D eigenvalue weighted by Gasteiger charge is -2.11. The van der Waals surface area contributed by atoms with E-state index in [1.54, 1.807) is 24.4 Å². The molecule has 0 aliphatic carbocycles. The van der Waals surface area contributed by atoms with Crippen molar-refractivity contribution in [2.24, 2.45) is 0 Å². The summed E-state index contributed by atoms with van der Waals surface area (Å²) in [6.45, 7) is 4.56. The zero-order valence-electron chi connectivity index (χ0n) is 9.15. The molecule has 0 radical (unpaired) electrons. The van der Waals surface area contributed by atoms with Crippen LogP contribution < -0.4 is 10.6 Å². The third-order valence-electron chi connectivity index (χ3n) is 2.02. The van der Waals surface area contributed by atoms with Crippen molar-refractivity contribution in [1.29, 1.82) is 0 Å². The standard InChI is InChI=1S/C7H7NO2.C4H10N2/c9-7(10)5-6-3-1-2-4-8-6;1-2-6-4-3-5-1/h1-4H,5H2,(H,9,10);5-6H,1-4H2. The predicted octanol–water partition coefficient (Wildman–Crippen LogP) is -0.112. The van der Waals surface area contributed by atoms with Gasteiger partial charge in [-0.2, -0.15) is 0 Å². The van der Waals surface area contributed by atoms with E-state index in [-0.39, 0.29) is 6.42 Å². The highest BCUT2D eigenvalue weighted by atomic mass is 16.4. The maximum absolute atomic E-state index is 10.1. The van der Waals surface area contributed by atoms with Crippen LogP contribution in [-0.2, 0) is 11.2 Å². The fourth-order valence-corrected chi connectivity index (χ4v) is 1.26. The molecule has 0 bridgehead atoms. The number of piperazine rings is 1. The van der Waals surface area contributed by atoms with E-state index in [1.807, 2.05) is 0 Å². The van der Waals surface area contributed by atoms with E-state index < -0.39 is 5.97 Å². The topological polar surface area (TPSA) is 74.2 Å². The SMILES string of the molecule is C1CNCCN1.O=C(O)Cc1ccccn1. The van der Waals surface area contributed by atoms with E-state index in [0.717, 1.165) is 26.2 Å². The molecule has 1 aromatic rings. The normalized spacial score (nSPS) is 14.8. The molecule has 2 heterocycles. The summed E-state index contributed by atoms with van der Waals surface area (Å²) in [6, 6.07) is 5.21. The number of nitrogens with zero attached hydrogens (tertiary/aromatic N) is 1. The van der Waals surface area contributed by atoms with Gasteiger partial charge in [0.2, 0.25) is 0 Å². The summed E-state index contributed by atoms with van der Waals surface area (Å²) in [5.41, 5.74) is 0.593. The minimum absolute atomic E-state index is 0.000833. The summed E-state index contributed by atoms with van der Waals surface area (Å²) in [6.07, 6.45) is 1.58. The Morgan fingerprint density at radius 1 is 1.25 bits per heavy atom. The Hall–Kier alpha value is -1.46. The molecule has 0 spiro atoms. The molecule has 0 saturated carbocycles. The number of carbonyl (C=O) groups is 1. The first-order chi connectivity index (χ1) is 7.79. The van der Waals surface area contributed by atoms with Crippen molar-refractivity contribution in [2.45, 2.75) is 6.42 Å². The van der Waals surface area contributed by atoms with Gasteiger partial charge in [-0.05, 0) is 12.1 Å². The van der Waals surface area contributed by atoms with Crippen molar-refractivity contribution in [3.8, 4) is 0 Å². The fraction of sp³-hybridized carbons (Fsp3) is 0.455. The Bertz CT molecular complexity index is 288. The largest absolute Gasteiger partial charge is 0.481 e. The van der Waals surface area contributed by atoms with Crippen molar-refractivity contribution in [3.05, 3.63) is 30.1 Å². The Labute approximate surface area is 94.9 Å². The number of nitrogens with one attached hydrogen (secondary N) is 2. The van der Waals surface area contributed by atoms with Crippen LogP contribution >= 0.6 is 0 Å². The fourth-order valence-electron chi connectivity index (χ4n) is 1.26. The number of aliphatic carboxylic acids is 1. The lowest BCUT2D eigenvalue weighted by atomic mass is 10.3. The van der Waals surface area contributed by atoms with Crippen LogP contribution in [0.5, 0.6) is 0 Å². The minimum Gasteiger partial charge on any atom is -0.481 e. The molecular formula is C11H17N3O2. The van der Waals surface area contributed by atoms with Crippen molar-refractivity contribution < 1.29 is 9.90 Å². The van der Waals surface area contributed by atoms with Crippen LogP contribution in [0.1, 0.15) is 5.69 Å². The first-order valence-electron chi connectivity index (χ1n) is 5.32. The van der Waals surface area contributed by atoms with Gasteiger partial charge in [0.25, 0.3) is 0 Å². The number of aromatic nitrogens is 1. The highest BCUT2D eigenvalue weighted by Gasteiger charge is 1.98. The summed E-state index contributed by atoms with van der Waals surface area (Å²) in [5, 5.41) is 14.8. The molecule has 88 valence electrons. The Morgan fingerprint density at radius 3 is 2.25 bits per heavy atom. The van der Waals surface area contributed by atoms with Crippen LogP contribution in [0.3, 0.4) is 0 Å². The molecule has 16 heavy (non-hydrogen) atoms. The first kappa shape index (κ1) is 12.6.